The van der Waals surface area contributed by atoms with Crippen LogP contribution in [0, 0.1) is 0 Å². The fourth-order valence-corrected chi connectivity index (χ4v) is 2.51. The van der Waals surface area contributed by atoms with Crippen LogP contribution in [0.4, 0.5) is 0 Å². The zero-order valence-electron chi connectivity index (χ0n) is 10.3. The molecule has 0 aliphatic carbocycles. The molecule has 0 saturated heterocycles. The third kappa shape index (κ3) is 3.17. The molecule has 94 valence electrons. The van der Waals surface area contributed by atoms with Gasteiger partial charge in [-0.2, -0.15) is 0 Å². The molecule has 2 rings (SSSR count). The maximum absolute atomic E-state index is 12.0. The summed E-state index contributed by atoms with van der Waals surface area (Å²) < 4.78 is 5.14. The van der Waals surface area contributed by atoms with Gasteiger partial charge in [-0.1, -0.05) is 6.07 Å². The van der Waals surface area contributed by atoms with Crippen LogP contribution in [0.1, 0.15) is 28.2 Å². The predicted octanol–water partition coefficient (Wildman–Crippen LogP) is 3.36. The number of ketones is 1. The van der Waals surface area contributed by atoms with Gasteiger partial charge in [-0.25, -0.2) is 4.98 Å². The van der Waals surface area contributed by atoms with E-state index in [2.05, 4.69) is 16.4 Å². The Hall–Kier alpha value is -1.68. The Balaban J connectivity index is 1.91. The van der Waals surface area contributed by atoms with E-state index < -0.39 is 0 Å². The van der Waals surface area contributed by atoms with Crippen molar-refractivity contribution in [1.29, 1.82) is 0 Å². The van der Waals surface area contributed by atoms with Crippen LogP contribution in [0.15, 0.2) is 35.8 Å². The topological polar surface area (TPSA) is 39.2 Å². The number of pyridine rings is 1. The molecule has 0 bridgehead atoms. The summed E-state index contributed by atoms with van der Waals surface area (Å²) in [6.45, 7) is 0. The largest absolute Gasteiger partial charge is 0.494 e. The van der Waals surface area contributed by atoms with Gasteiger partial charge in [0.05, 0.1) is 7.11 Å². The Morgan fingerprint density at radius 2 is 2.28 bits per heavy atom. The van der Waals surface area contributed by atoms with Gasteiger partial charge < -0.3 is 4.74 Å². The van der Waals surface area contributed by atoms with Crippen molar-refractivity contribution in [1.82, 2.24) is 4.98 Å². The quantitative estimate of drug-likeness (QED) is 0.748. The van der Waals surface area contributed by atoms with E-state index in [1.807, 2.05) is 6.07 Å². The lowest BCUT2D eigenvalue weighted by Gasteiger charge is -2.05. The molecule has 0 amide bonds. The second kappa shape index (κ2) is 6.31. The fraction of sp³-hybridized carbons (Fsp3) is 0.286. The van der Waals surface area contributed by atoms with E-state index in [0.29, 0.717) is 17.9 Å². The lowest BCUT2D eigenvalue weighted by Crippen LogP contribution is -2.05. The first-order valence-electron chi connectivity index (χ1n) is 5.86. The van der Waals surface area contributed by atoms with E-state index >= 15 is 0 Å². The Morgan fingerprint density at radius 1 is 1.39 bits per heavy atom. The number of thiophene rings is 1. The van der Waals surface area contributed by atoms with Gasteiger partial charge in [0.25, 0.3) is 0 Å². The lowest BCUT2D eigenvalue weighted by molar-refractivity contribution is 0.0972. The molecule has 0 N–H and O–H groups in total. The molecule has 2 aromatic rings. The van der Waals surface area contributed by atoms with Crippen molar-refractivity contribution in [3.63, 3.8) is 0 Å². The maximum atomic E-state index is 12.0. The first-order chi connectivity index (χ1) is 8.81. The number of aromatic nitrogens is 1. The molecule has 0 atom stereocenters. The normalized spacial score (nSPS) is 10.3. The van der Waals surface area contributed by atoms with Gasteiger partial charge in [-0.15, -0.1) is 11.3 Å². The van der Waals surface area contributed by atoms with Gasteiger partial charge in [-0.3, -0.25) is 4.79 Å². The highest BCUT2D eigenvalue weighted by Gasteiger charge is 2.12. The summed E-state index contributed by atoms with van der Waals surface area (Å²) in [6.07, 6.45) is 3.91. The molecule has 18 heavy (non-hydrogen) atoms. The fourth-order valence-electron chi connectivity index (χ4n) is 1.76. The van der Waals surface area contributed by atoms with E-state index in [1.54, 1.807) is 36.8 Å². The molecule has 0 radical (unpaired) electrons. The summed E-state index contributed by atoms with van der Waals surface area (Å²) in [6, 6.07) is 7.65. The smallest absolute Gasteiger partial charge is 0.184 e. The molecule has 0 fully saturated rings. The Bertz CT molecular complexity index is 508. The van der Waals surface area contributed by atoms with Crippen LogP contribution in [0.3, 0.4) is 0 Å². The molecule has 0 aliphatic rings. The molecule has 4 heteroatoms. The highest BCUT2D eigenvalue weighted by molar-refractivity contribution is 7.09. The number of methoxy groups -OCH3 is 1. The van der Waals surface area contributed by atoms with E-state index in [1.165, 1.54) is 4.88 Å². The molecule has 3 nitrogen and oxygen atoms in total. The zero-order chi connectivity index (χ0) is 12.8. The second-order valence-electron chi connectivity index (χ2n) is 3.91. The molecular formula is C14H15NO2S. The van der Waals surface area contributed by atoms with E-state index in [-0.39, 0.29) is 5.78 Å². The SMILES string of the molecule is COc1cccnc1C(=O)CCCc1cccs1. The van der Waals surface area contributed by atoms with Crippen molar-refractivity contribution in [2.45, 2.75) is 19.3 Å². The van der Waals surface area contributed by atoms with Crippen molar-refractivity contribution in [3.8, 4) is 5.75 Å². The minimum atomic E-state index is 0.0454. The minimum Gasteiger partial charge on any atom is -0.494 e. The van der Waals surface area contributed by atoms with Gasteiger partial charge in [0.2, 0.25) is 0 Å². The summed E-state index contributed by atoms with van der Waals surface area (Å²) in [5.41, 5.74) is 0.436. The Kier molecular flexibility index (Phi) is 4.47. The van der Waals surface area contributed by atoms with Crippen LogP contribution in [0.25, 0.3) is 0 Å². The number of carbonyl (C=O) groups excluding carboxylic acids is 1. The third-order valence-corrected chi connectivity index (χ3v) is 3.60. The summed E-state index contributed by atoms with van der Waals surface area (Å²) in [5, 5.41) is 2.05. The molecule has 2 heterocycles. The van der Waals surface area contributed by atoms with Crippen LogP contribution in [0.2, 0.25) is 0 Å². The highest BCUT2D eigenvalue weighted by Crippen LogP contribution is 2.18. The van der Waals surface area contributed by atoms with E-state index in [4.69, 9.17) is 4.74 Å². The number of hydrogen-bond acceptors (Lipinski definition) is 4. The van der Waals surface area contributed by atoms with Crippen LogP contribution in [-0.2, 0) is 6.42 Å². The number of ether oxygens (including phenoxy) is 1. The van der Waals surface area contributed by atoms with Crippen molar-refractivity contribution in [2.24, 2.45) is 0 Å². The van der Waals surface area contributed by atoms with Gasteiger partial charge in [0, 0.05) is 17.5 Å². The molecule has 2 aromatic heterocycles. The summed E-state index contributed by atoms with van der Waals surface area (Å²) >= 11 is 1.73. The zero-order valence-corrected chi connectivity index (χ0v) is 11.1. The molecular weight excluding hydrogens is 246 g/mol. The summed E-state index contributed by atoms with van der Waals surface area (Å²) in [5.74, 6) is 0.600. The standard InChI is InChI=1S/C14H15NO2S/c1-17-13-8-3-9-15-14(13)12(16)7-2-5-11-6-4-10-18-11/h3-4,6,8-10H,2,5,7H2,1H3. The van der Waals surface area contributed by atoms with Crippen LogP contribution in [0.5, 0.6) is 5.75 Å². The average Bonchev–Trinajstić information content (AvgIpc) is 2.91. The molecule has 0 unspecified atom stereocenters. The number of Topliss-reactive ketones (excluding diaryl/α,β-unsaturated/α-hetero) is 1. The Morgan fingerprint density at radius 3 is 3.00 bits per heavy atom. The van der Waals surface area contributed by atoms with Gasteiger partial charge in [-0.05, 0) is 36.4 Å². The minimum absolute atomic E-state index is 0.0454. The Labute approximate surface area is 110 Å². The summed E-state index contributed by atoms with van der Waals surface area (Å²) in [4.78, 5) is 17.4. The number of rotatable bonds is 6. The molecule has 0 saturated carbocycles. The van der Waals surface area contributed by atoms with Crippen LogP contribution >= 0.6 is 11.3 Å². The first-order valence-corrected chi connectivity index (χ1v) is 6.74. The van der Waals surface area contributed by atoms with E-state index in [9.17, 15) is 4.79 Å². The average molecular weight is 261 g/mol. The van der Waals surface area contributed by atoms with Gasteiger partial charge in [0.15, 0.2) is 5.78 Å². The maximum Gasteiger partial charge on any atom is 0.184 e. The summed E-state index contributed by atoms with van der Waals surface area (Å²) in [7, 11) is 1.56. The third-order valence-electron chi connectivity index (χ3n) is 2.66. The van der Waals surface area contributed by atoms with Gasteiger partial charge >= 0.3 is 0 Å². The molecule has 0 aliphatic heterocycles. The number of hydrogen-bond donors (Lipinski definition) is 0. The first kappa shape index (κ1) is 12.8. The van der Waals surface area contributed by atoms with Crippen molar-refractivity contribution < 1.29 is 9.53 Å². The van der Waals surface area contributed by atoms with Gasteiger partial charge in [0.1, 0.15) is 11.4 Å². The molecule has 0 spiro atoms. The predicted molar refractivity (Wildman–Crippen MR) is 72.4 cm³/mol. The number of nitrogens with zero attached hydrogens (tertiary/aromatic N) is 1. The number of aryl methyl sites for hydroxylation is 1. The van der Waals surface area contributed by atoms with Crippen molar-refractivity contribution >= 4 is 17.1 Å². The highest BCUT2D eigenvalue weighted by atomic mass is 32.1. The van der Waals surface area contributed by atoms with Crippen LogP contribution < -0.4 is 4.74 Å². The monoisotopic (exact) mass is 261 g/mol. The van der Waals surface area contributed by atoms with Crippen molar-refractivity contribution in [2.75, 3.05) is 7.11 Å². The second-order valence-corrected chi connectivity index (χ2v) is 4.94. The van der Waals surface area contributed by atoms with Crippen LogP contribution in [-0.4, -0.2) is 17.9 Å². The van der Waals surface area contributed by atoms with E-state index in [0.717, 1.165) is 12.8 Å². The lowest BCUT2D eigenvalue weighted by atomic mass is 10.1. The number of carbonyl (C=O) groups is 1. The molecule has 0 aromatic carbocycles. The van der Waals surface area contributed by atoms with Crippen molar-refractivity contribution in [3.05, 3.63) is 46.4 Å².